The van der Waals surface area contributed by atoms with Crippen LogP contribution in [0.4, 0.5) is 0 Å². The molecular weight excluding hydrogens is 300 g/mol. The molecule has 0 aliphatic carbocycles. The quantitative estimate of drug-likeness (QED) is 0.689. The van der Waals surface area contributed by atoms with Gasteiger partial charge in [0.2, 0.25) is 0 Å². The minimum atomic E-state index is -0.0214. The van der Waals surface area contributed by atoms with E-state index in [0.29, 0.717) is 12.2 Å². The monoisotopic (exact) mass is 328 g/mol. The molecule has 0 radical (unpaired) electrons. The predicted molar refractivity (Wildman–Crippen MR) is 97.3 cm³/mol. The molecule has 0 spiro atoms. The number of fused-ring (bicyclic) bond motifs is 3. The van der Waals surface area contributed by atoms with Crippen LogP contribution in [0.3, 0.4) is 0 Å². The highest BCUT2D eigenvalue weighted by molar-refractivity contribution is 6.01. The molecule has 1 aliphatic rings. The first kappa shape index (κ1) is 17.0. The Morgan fingerprint density at radius 1 is 1.12 bits per heavy atom. The van der Waals surface area contributed by atoms with Crippen LogP contribution in [0.2, 0.25) is 0 Å². The maximum absolute atomic E-state index is 12.3. The van der Waals surface area contributed by atoms with E-state index in [4.69, 9.17) is 4.74 Å². The fraction of sp³-hybridized carbons (Fsp3) is 0.550. The third-order valence-corrected chi connectivity index (χ3v) is 4.80. The predicted octanol–water partition coefficient (Wildman–Crippen LogP) is 4.72. The Hall–Kier alpha value is -1.81. The summed E-state index contributed by atoms with van der Waals surface area (Å²) in [6.45, 7) is 3.67. The van der Waals surface area contributed by atoms with Gasteiger partial charge < -0.3 is 15.0 Å². The van der Waals surface area contributed by atoms with Crippen molar-refractivity contribution in [2.75, 3.05) is 13.2 Å². The van der Waals surface area contributed by atoms with Crippen LogP contribution in [0.1, 0.15) is 74.0 Å². The van der Waals surface area contributed by atoms with Crippen molar-refractivity contribution in [1.82, 2.24) is 10.3 Å². The van der Waals surface area contributed by atoms with Crippen LogP contribution < -0.4 is 5.32 Å². The van der Waals surface area contributed by atoms with Crippen LogP contribution >= 0.6 is 0 Å². The maximum atomic E-state index is 12.3. The highest BCUT2D eigenvalue weighted by Crippen LogP contribution is 2.33. The zero-order valence-electron chi connectivity index (χ0n) is 14.6. The molecule has 0 fully saturated rings. The van der Waals surface area contributed by atoms with Crippen molar-refractivity contribution in [3.05, 3.63) is 35.5 Å². The maximum Gasteiger partial charge on any atom is 0.268 e. The number of para-hydroxylation sites is 1. The van der Waals surface area contributed by atoms with E-state index in [2.05, 4.69) is 23.3 Å². The summed E-state index contributed by atoms with van der Waals surface area (Å²) in [5.41, 5.74) is 2.71. The number of rotatable bonds is 8. The van der Waals surface area contributed by atoms with Crippen molar-refractivity contribution >= 4 is 16.8 Å². The average Bonchev–Trinajstić information content (AvgIpc) is 2.91. The van der Waals surface area contributed by atoms with Gasteiger partial charge in [-0.15, -0.1) is 0 Å². The molecule has 1 aliphatic heterocycles. The summed E-state index contributed by atoms with van der Waals surface area (Å²) < 4.78 is 6.20. The van der Waals surface area contributed by atoms with Gasteiger partial charge in [-0.05, 0) is 18.9 Å². The lowest BCUT2D eigenvalue weighted by Gasteiger charge is -2.16. The van der Waals surface area contributed by atoms with Crippen molar-refractivity contribution in [2.24, 2.45) is 0 Å². The standard InChI is InChI=1S/C20H28N2O2/c1-2-3-4-5-6-9-14-24-17-12-13-21-20(23)19-18(17)15-10-7-8-11-16(15)22-19/h7-8,10-11,17,22H,2-6,9,12-14H2,1H3,(H,21,23). The van der Waals surface area contributed by atoms with E-state index in [1.54, 1.807) is 0 Å². The number of unbranched alkanes of at least 4 members (excludes halogenated alkanes) is 5. The van der Waals surface area contributed by atoms with Gasteiger partial charge in [0, 0.05) is 29.6 Å². The molecule has 2 aromatic rings. The van der Waals surface area contributed by atoms with Gasteiger partial charge in [0.1, 0.15) is 5.69 Å². The van der Waals surface area contributed by atoms with Crippen LogP contribution in [0.25, 0.3) is 10.9 Å². The van der Waals surface area contributed by atoms with Crippen LogP contribution in [0, 0.1) is 0 Å². The Labute approximate surface area is 144 Å². The third kappa shape index (κ3) is 3.81. The lowest BCUT2D eigenvalue weighted by Crippen LogP contribution is -2.23. The summed E-state index contributed by atoms with van der Waals surface area (Å²) in [7, 11) is 0. The van der Waals surface area contributed by atoms with Gasteiger partial charge in [-0.3, -0.25) is 4.79 Å². The lowest BCUT2D eigenvalue weighted by molar-refractivity contribution is 0.0465. The Morgan fingerprint density at radius 3 is 2.79 bits per heavy atom. The van der Waals surface area contributed by atoms with Crippen molar-refractivity contribution in [3.8, 4) is 0 Å². The Morgan fingerprint density at radius 2 is 1.92 bits per heavy atom. The molecule has 1 unspecified atom stereocenters. The Bertz CT molecular complexity index is 677. The number of benzene rings is 1. The number of hydrogen-bond acceptors (Lipinski definition) is 2. The average molecular weight is 328 g/mol. The molecule has 0 bridgehead atoms. The van der Waals surface area contributed by atoms with E-state index >= 15 is 0 Å². The van der Waals surface area contributed by atoms with Crippen molar-refractivity contribution in [1.29, 1.82) is 0 Å². The van der Waals surface area contributed by atoms with Crippen LogP contribution in [-0.4, -0.2) is 24.0 Å². The lowest BCUT2D eigenvalue weighted by atomic mass is 10.0. The SMILES string of the molecule is CCCCCCCCOC1CCNC(=O)c2[nH]c3ccccc3c21. The number of carbonyl (C=O) groups is 1. The number of aromatic amines is 1. The largest absolute Gasteiger partial charge is 0.373 e. The highest BCUT2D eigenvalue weighted by Gasteiger charge is 2.27. The van der Waals surface area contributed by atoms with Crippen molar-refractivity contribution in [2.45, 2.75) is 58.0 Å². The number of ether oxygens (including phenoxy) is 1. The summed E-state index contributed by atoms with van der Waals surface area (Å²) in [5, 5.41) is 4.08. The number of nitrogens with one attached hydrogen (secondary N) is 2. The second-order valence-electron chi connectivity index (χ2n) is 6.63. The number of aromatic nitrogens is 1. The fourth-order valence-corrected chi connectivity index (χ4v) is 3.50. The smallest absolute Gasteiger partial charge is 0.268 e. The molecule has 1 amide bonds. The number of H-pyrrole nitrogens is 1. The van der Waals surface area contributed by atoms with Crippen LogP contribution in [0.5, 0.6) is 0 Å². The molecular formula is C20H28N2O2. The molecule has 2 N–H and O–H groups in total. The van der Waals surface area contributed by atoms with Gasteiger partial charge in [0.05, 0.1) is 6.10 Å². The normalized spacial score (nSPS) is 17.5. The minimum Gasteiger partial charge on any atom is -0.373 e. The summed E-state index contributed by atoms with van der Waals surface area (Å²) in [5.74, 6) is -0.0214. The number of hydrogen-bond donors (Lipinski definition) is 2. The number of carbonyl (C=O) groups excluding carboxylic acids is 1. The summed E-state index contributed by atoms with van der Waals surface area (Å²) in [6, 6.07) is 8.10. The highest BCUT2D eigenvalue weighted by atomic mass is 16.5. The van der Waals surface area contributed by atoms with Gasteiger partial charge in [0.25, 0.3) is 5.91 Å². The van der Waals surface area contributed by atoms with E-state index in [1.165, 1.54) is 32.1 Å². The molecule has 130 valence electrons. The van der Waals surface area contributed by atoms with Gasteiger partial charge in [-0.1, -0.05) is 57.2 Å². The second kappa shape index (κ2) is 8.34. The topological polar surface area (TPSA) is 54.1 Å². The first-order valence-electron chi connectivity index (χ1n) is 9.31. The molecule has 1 aromatic heterocycles. The van der Waals surface area contributed by atoms with E-state index in [-0.39, 0.29) is 12.0 Å². The van der Waals surface area contributed by atoms with E-state index < -0.39 is 0 Å². The third-order valence-electron chi connectivity index (χ3n) is 4.80. The fourth-order valence-electron chi connectivity index (χ4n) is 3.50. The molecule has 0 saturated carbocycles. The van der Waals surface area contributed by atoms with E-state index in [9.17, 15) is 4.79 Å². The first-order valence-corrected chi connectivity index (χ1v) is 9.31. The van der Waals surface area contributed by atoms with Gasteiger partial charge >= 0.3 is 0 Å². The van der Waals surface area contributed by atoms with E-state index in [0.717, 1.165) is 35.9 Å². The first-order chi connectivity index (χ1) is 11.8. The molecule has 4 nitrogen and oxygen atoms in total. The second-order valence-corrected chi connectivity index (χ2v) is 6.63. The zero-order valence-corrected chi connectivity index (χ0v) is 14.6. The summed E-state index contributed by atoms with van der Waals surface area (Å²) in [4.78, 5) is 15.6. The molecule has 1 aromatic carbocycles. The Balaban J connectivity index is 1.66. The van der Waals surface area contributed by atoms with Crippen molar-refractivity contribution < 1.29 is 9.53 Å². The molecule has 4 heteroatoms. The minimum absolute atomic E-state index is 0.00857. The van der Waals surface area contributed by atoms with Gasteiger partial charge in [0.15, 0.2) is 0 Å². The van der Waals surface area contributed by atoms with Gasteiger partial charge in [-0.2, -0.15) is 0 Å². The number of amides is 1. The van der Waals surface area contributed by atoms with Crippen LogP contribution in [0.15, 0.2) is 24.3 Å². The van der Waals surface area contributed by atoms with E-state index in [1.807, 2.05) is 18.2 Å². The van der Waals surface area contributed by atoms with Crippen LogP contribution in [-0.2, 0) is 4.74 Å². The molecule has 2 heterocycles. The summed E-state index contributed by atoms with van der Waals surface area (Å²) in [6.07, 6.45) is 8.37. The zero-order chi connectivity index (χ0) is 16.8. The molecule has 24 heavy (non-hydrogen) atoms. The molecule has 3 rings (SSSR count). The van der Waals surface area contributed by atoms with Crippen molar-refractivity contribution in [3.63, 3.8) is 0 Å². The Kier molecular flexibility index (Phi) is 5.91. The van der Waals surface area contributed by atoms with Gasteiger partial charge in [-0.25, -0.2) is 0 Å². The summed E-state index contributed by atoms with van der Waals surface area (Å²) >= 11 is 0. The molecule has 1 atom stereocenters. The molecule has 0 saturated heterocycles.